The van der Waals surface area contributed by atoms with E-state index in [-0.39, 0.29) is 27.4 Å². The molecule has 2 aliphatic carbocycles. The van der Waals surface area contributed by atoms with Crippen LogP contribution in [0.5, 0.6) is 0 Å². The second kappa shape index (κ2) is 13.5. The van der Waals surface area contributed by atoms with Gasteiger partial charge in [0.2, 0.25) is 0 Å². The molecule has 0 radical (unpaired) electrons. The average molecular weight is 611 g/mol. The number of unbranched alkanes of at least 4 members (excludes halogenated alkanes) is 6. The molecule has 2 aromatic carbocycles. The first kappa shape index (κ1) is 32.9. The van der Waals surface area contributed by atoms with E-state index in [9.17, 15) is 20.6 Å². The molecule has 3 unspecified atom stereocenters. The molecule has 2 saturated heterocycles. The highest BCUT2D eigenvalue weighted by molar-refractivity contribution is 5.54. The molecule has 8 nitrogen and oxygen atoms in total. The number of nitro groups is 1. The van der Waals surface area contributed by atoms with Crippen LogP contribution in [0.4, 0.5) is 11.4 Å². The van der Waals surface area contributed by atoms with Crippen LogP contribution in [-0.2, 0) is 10.8 Å². The molecule has 2 N–H and O–H groups in total. The summed E-state index contributed by atoms with van der Waals surface area (Å²) in [5.74, 6) is 1.30. The third kappa shape index (κ3) is 5.96. The summed E-state index contributed by atoms with van der Waals surface area (Å²) in [6.45, 7) is 12.9. The Morgan fingerprint density at radius 3 is 2.02 bits per heavy atom. The van der Waals surface area contributed by atoms with Crippen LogP contribution in [0.2, 0.25) is 0 Å². The zero-order chi connectivity index (χ0) is 32.2. The third-order valence-electron chi connectivity index (χ3n) is 11.5. The van der Waals surface area contributed by atoms with Crippen molar-refractivity contribution in [1.82, 2.24) is 9.80 Å². The summed E-state index contributed by atoms with van der Waals surface area (Å²) in [4.78, 5) is 15.7. The van der Waals surface area contributed by atoms with Gasteiger partial charge in [0.1, 0.15) is 0 Å². The van der Waals surface area contributed by atoms with Gasteiger partial charge >= 0.3 is 0 Å². The Morgan fingerprint density at radius 2 is 1.49 bits per heavy atom. The van der Waals surface area contributed by atoms with E-state index in [1.165, 1.54) is 64.0 Å². The van der Waals surface area contributed by atoms with Crippen molar-refractivity contribution in [3.63, 3.8) is 0 Å². The molecular weight excluding hydrogens is 560 g/mol. The third-order valence-corrected chi connectivity index (χ3v) is 11.5. The van der Waals surface area contributed by atoms with Gasteiger partial charge in [0.05, 0.1) is 27.9 Å². The SMILES string of the molecule is CCCCCCN1CC2C(C1)C2(C#N)c1cccc(N)c1.CCCCCCN1CC2[C@](C)(C1)[C@@]2(C#N)c1cccc([N+](=O)[O-])c1. The standard InChI is InChI=1S/C19H25N3O2.C18H25N3/c1-3-4-5-6-10-21-12-17-18(2,14-21)19(17,13-20)15-8-7-9-16(11-15)22(23)24;1-2-3-4-5-9-21-11-16-17(12-21)18(16,13-19)14-7-6-8-15(20)10-14/h7-9,11,17H,3-6,10,12,14H2,1-2H3;6-8,10,16-17H,2-5,9,11-12,20H2,1H3/t17?,18-,19-;/m0./s1. The fourth-order valence-corrected chi connectivity index (χ4v) is 8.85. The van der Waals surface area contributed by atoms with E-state index >= 15 is 0 Å². The van der Waals surface area contributed by atoms with Crippen molar-refractivity contribution >= 4 is 11.4 Å². The maximum Gasteiger partial charge on any atom is 0.269 e. The zero-order valence-corrected chi connectivity index (χ0v) is 27.4. The molecule has 4 aliphatic rings. The molecule has 45 heavy (non-hydrogen) atoms. The van der Waals surface area contributed by atoms with E-state index in [2.05, 4.69) is 48.8 Å². The van der Waals surface area contributed by atoms with Gasteiger partial charge in [0, 0.05) is 67.2 Å². The Bertz CT molecular complexity index is 1430. The number of anilines is 1. The van der Waals surface area contributed by atoms with Crippen molar-refractivity contribution in [3.05, 3.63) is 69.8 Å². The Balaban J connectivity index is 0.000000179. The lowest BCUT2D eigenvalue weighted by molar-refractivity contribution is -0.384. The van der Waals surface area contributed by atoms with Crippen molar-refractivity contribution in [3.8, 4) is 12.1 Å². The molecule has 5 atom stereocenters. The van der Waals surface area contributed by atoms with Crippen LogP contribution in [0, 0.1) is 55.9 Å². The first-order valence-corrected chi connectivity index (χ1v) is 17.1. The summed E-state index contributed by atoms with van der Waals surface area (Å²) in [5, 5.41) is 30.7. The monoisotopic (exact) mass is 610 g/mol. The minimum absolute atomic E-state index is 0.0760. The molecule has 4 fully saturated rings. The lowest BCUT2D eigenvalue weighted by Crippen LogP contribution is -2.33. The number of benzene rings is 2. The molecule has 6 rings (SSSR count). The Kier molecular flexibility index (Phi) is 9.87. The second-order valence-electron chi connectivity index (χ2n) is 14.1. The molecule has 0 bridgehead atoms. The van der Waals surface area contributed by atoms with Crippen LogP contribution in [0.3, 0.4) is 0 Å². The van der Waals surface area contributed by atoms with Crippen LogP contribution in [0.15, 0.2) is 48.5 Å². The van der Waals surface area contributed by atoms with Crippen molar-refractivity contribution in [2.45, 2.75) is 83.0 Å². The smallest absolute Gasteiger partial charge is 0.269 e. The first-order chi connectivity index (χ1) is 21.7. The minimum atomic E-state index is -0.557. The quantitative estimate of drug-likeness (QED) is 0.111. The van der Waals surface area contributed by atoms with Crippen LogP contribution in [-0.4, -0.2) is 54.0 Å². The number of nitro benzene ring substituents is 1. The number of piperidine rings is 2. The Morgan fingerprint density at radius 1 is 0.867 bits per heavy atom. The number of rotatable bonds is 13. The van der Waals surface area contributed by atoms with E-state index in [0.29, 0.717) is 11.8 Å². The topological polar surface area (TPSA) is 123 Å². The van der Waals surface area contributed by atoms with Crippen LogP contribution in [0.1, 0.15) is 83.3 Å². The van der Waals surface area contributed by atoms with E-state index in [1.807, 2.05) is 24.3 Å². The number of nitrogen functional groups attached to an aromatic ring is 1. The van der Waals surface area contributed by atoms with Gasteiger partial charge in [-0.25, -0.2) is 0 Å². The summed E-state index contributed by atoms with van der Waals surface area (Å²) in [6, 6.07) is 19.7. The summed E-state index contributed by atoms with van der Waals surface area (Å²) >= 11 is 0. The average Bonchev–Trinajstić information content (AvgIpc) is 3.57. The molecule has 2 saturated carbocycles. The number of likely N-dealkylation sites (tertiary alicyclic amines) is 2. The molecule has 8 heteroatoms. The predicted molar refractivity (Wildman–Crippen MR) is 178 cm³/mol. The van der Waals surface area contributed by atoms with Crippen LogP contribution >= 0.6 is 0 Å². The fourth-order valence-electron chi connectivity index (χ4n) is 8.85. The van der Waals surface area contributed by atoms with E-state index in [1.54, 1.807) is 12.1 Å². The van der Waals surface area contributed by atoms with Gasteiger partial charge in [-0.2, -0.15) is 10.5 Å². The zero-order valence-electron chi connectivity index (χ0n) is 27.4. The Hall–Kier alpha value is -3.46. The highest BCUT2D eigenvalue weighted by Gasteiger charge is 2.78. The number of hydrogen-bond acceptors (Lipinski definition) is 7. The van der Waals surface area contributed by atoms with Crippen molar-refractivity contribution in [2.24, 2.45) is 23.2 Å². The number of nitrogens with two attached hydrogens (primary N) is 1. The van der Waals surface area contributed by atoms with E-state index in [0.717, 1.165) is 49.5 Å². The Labute approximate surface area is 269 Å². The van der Waals surface area contributed by atoms with E-state index in [4.69, 9.17) is 5.73 Å². The summed E-state index contributed by atoms with van der Waals surface area (Å²) < 4.78 is 0. The maximum absolute atomic E-state index is 11.1. The molecule has 0 spiro atoms. The van der Waals surface area contributed by atoms with Gasteiger partial charge in [0.15, 0.2) is 0 Å². The fraction of sp³-hybridized carbons (Fsp3) is 0.622. The second-order valence-corrected chi connectivity index (χ2v) is 14.1. The number of nitrogens with zero attached hydrogens (tertiary/aromatic N) is 5. The number of fused-ring (bicyclic) bond motifs is 2. The van der Waals surface area contributed by atoms with Crippen molar-refractivity contribution in [1.29, 1.82) is 10.5 Å². The first-order valence-electron chi connectivity index (χ1n) is 17.1. The normalized spacial score (nSPS) is 31.2. The summed E-state index contributed by atoms with van der Waals surface area (Å²) in [6.07, 6.45) is 10.3. The molecule has 0 amide bonds. The molecule has 240 valence electrons. The van der Waals surface area contributed by atoms with Gasteiger partial charge < -0.3 is 15.5 Å². The molecule has 2 aromatic rings. The molecule has 2 heterocycles. The number of hydrogen-bond donors (Lipinski definition) is 1. The lowest BCUT2D eigenvalue weighted by atomic mass is 9.86. The molecule has 0 aromatic heterocycles. The van der Waals surface area contributed by atoms with Crippen molar-refractivity contribution < 1.29 is 4.92 Å². The highest BCUT2D eigenvalue weighted by atomic mass is 16.6. The summed E-state index contributed by atoms with van der Waals surface area (Å²) in [7, 11) is 0. The highest BCUT2D eigenvalue weighted by Crippen LogP contribution is 2.72. The minimum Gasteiger partial charge on any atom is -0.399 e. The largest absolute Gasteiger partial charge is 0.399 e. The predicted octanol–water partition coefficient (Wildman–Crippen LogP) is 7.06. The van der Waals surface area contributed by atoms with Crippen molar-refractivity contribution in [2.75, 3.05) is 45.0 Å². The molecular formula is C37H50N6O2. The van der Waals surface area contributed by atoms with Gasteiger partial charge in [0.25, 0.3) is 5.69 Å². The van der Waals surface area contributed by atoms with Crippen LogP contribution in [0.25, 0.3) is 0 Å². The lowest BCUT2D eigenvalue weighted by Gasteiger charge is -2.25. The van der Waals surface area contributed by atoms with Gasteiger partial charge in [-0.05, 0) is 49.2 Å². The van der Waals surface area contributed by atoms with Gasteiger partial charge in [-0.1, -0.05) is 83.6 Å². The summed E-state index contributed by atoms with van der Waals surface area (Å²) in [5.41, 5.74) is 7.79. The molecule has 2 aliphatic heterocycles. The maximum atomic E-state index is 11.1. The van der Waals surface area contributed by atoms with E-state index < -0.39 is 5.41 Å². The van der Waals surface area contributed by atoms with Crippen LogP contribution < -0.4 is 5.73 Å². The number of non-ortho nitro benzene ring substituents is 1. The van der Waals surface area contributed by atoms with Gasteiger partial charge in [-0.15, -0.1) is 0 Å². The number of nitriles is 2. The van der Waals surface area contributed by atoms with Gasteiger partial charge in [-0.3, -0.25) is 10.1 Å².